The predicted molar refractivity (Wildman–Crippen MR) is 85.0 cm³/mol. The molecule has 5 nitrogen and oxygen atoms in total. The van der Waals surface area contributed by atoms with Gasteiger partial charge in [0.05, 0.1) is 16.5 Å². The van der Waals surface area contributed by atoms with Gasteiger partial charge in [-0.05, 0) is 46.2 Å². The number of carbonyl (C=O) groups is 1. The average molecular weight is 320 g/mol. The molecule has 0 atom stereocenters. The molecule has 0 saturated heterocycles. The first-order valence-corrected chi connectivity index (χ1v) is 7.24. The van der Waals surface area contributed by atoms with Crippen LogP contribution in [-0.2, 0) is 10.2 Å². The number of rotatable bonds is 1. The van der Waals surface area contributed by atoms with E-state index in [2.05, 4.69) is 11.1 Å². The molecule has 0 aliphatic carbocycles. The number of ether oxygens (including phenoxy) is 1. The molecule has 2 rings (SSSR count). The molecule has 0 aromatic carbocycles. The maximum Gasteiger partial charge on any atom is 0.420 e. The van der Waals surface area contributed by atoms with Gasteiger partial charge in [-0.3, -0.25) is 0 Å². The molecule has 6 heteroatoms. The highest BCUT2D eigenvalue weighted by Crippen LogP contribution is 2.32. The van der Waals surface area contributed by atoms with E-state index < -0.39 is 17.1 Å². The lowest BCUT2D eigenvalue weighted by molar-refractivity contribution is 0.0543. The fourth-order valence-electron chi connectivity index (χ4n) is 2.09. The largest absolute Gasteiger partial charge is 0.443 e. The van der Waals surface area contributed by atoms with Gasteiger partial charge in [-0.2, -0.15) is 5.26 Å². The van der Waals surface area contributed by atoms with E-state index in [-0.39, 0.29) is 0 Å². The van der Waals surface area contributed by atoms with Gasteiger partial charge in [-0.15, -0.1) is 0 Å². The molecule has 0 aliphatic rings. The second-order valence-corrected chi connectivity index (χ2v) is 7.09. The van der Waals surface area contributed by atoms with Crippen molar-refractivity contribution in [1.29, 1.82) is 5.26 Å². The molecule has 0 saturated carbocycles. The Labute approximate surface area is 134 Å². The highest BCUT2D eigenvalue weighted by atomic mass is 35.5. The Morgan fingerprint density at radius 1 is 1.36 bits per heavy atom. The van der Waals surface area contributed by atoms with Crippen molar-refractivity contribution in [3.8, 4) is 6.07 Å². The summed E-state index contributed by atoms with van der Waals surface area (Å²) in [5, 5.41) is 10.5. The number of halogens is 1. The Morgan fingerprint density at radius 3 is 2.55 bits per heavy atom. The quantitative estimate of drug-likeness (QED) is 0.787. The molecule has 2 aromatic rings. The van der Waals surface area contributed by atoms with E-state index in [9.17, 15) is 10.1 Å². The molecule has 0 spiro atoms. The second kappa shape index (κ2) is 5.29. The zero-order valence-corrected chi connectivity index (χ0v) is 14.0. The maximum absolute atomic E-state index is 12.4. The molecule has 0 bridgehead atoms. The second-order valence-electron chi connectivity index (χ2n) is 6.65. The number of nitrogens with zero attached hydrogens (tertiary/aromatic N) is 3. The monoisotopic (exact) mass is 319 g/mol. The molecule has 2 aromatic heterocycles. The van der Waals surface area contributed by atoms with Crippen LogP contribution in [0.1, 0.15) is 40.2 Å². The smallest absolute Gasteiger partial charge is 0.420 e. The van der Waals surface area contributed by atoms with Gasteiger partial charge < -0.3 is 4.74 Å². The van der Waals surface area contributed by atoms with E-state index in [4.69, 9.17) is 16.3 Å². The molecular formula is C16H18ClN3O2. The van der Waals surface area contributed by atoms with Gasteiger partial charge in [-0.25, -0.2) is 14.3 Å². The minimum absolute atomic E-state index is 0.428. The van der Waals surface area contributed by atoms with Gasteiger partial charge in [0.15, 0.2) is 0 Å². The van der Waals surface area contributed by atoms with Crippen molar-refractivity contribution in [3.63, 3.8) is 0 Å². The third-order valence-corrected chi connectivity index (χ3v) is 3.36. The summed E-state index contributed by atoms with van der Waals surface area (Å²) in [6.07, 6.45) is 2.53. The minimum Gasteiger partial charge on any atom is -0.443 e. The number of hydrogen-bond donors (Lipinski definition) is 0. The van der Waals surface area contributed by atoms with Crippen molar-refractivity contribution in [3.05, 3.63) is 29.0 Å². The lowest BCUT2D eigenvalue weighted by Crippen LogP contribution is -2.27. The van der Waals surface area contributed by atoms with Crippen LogP contribution in [0.4, 0.5) is 4.79 Å². The average Bonchev–Trinajstić information content (AvgIpc) is 2.76. The summed E-state index contributed by atoms with van der Waals surface area (Å²) >= 11 is 6.01. The van der Waals surface area contributed by atoms with Crippen molar-refractivity contribution in [2.45, 2.75) is 45.6 Å². The van der Waals surface area contributed by atoms with E-state index in [1.807, 2.05) is 0 Å². The van der Waals surface area contributed by atoms with E-state index in [0.717, 1.165) is 0 Å². The zero-order valence-electron chi connectivity index (χ0n) is 13.3. The van der Waals surface area contributed by atoms with Crippen LogP contribution in [0.25, 0.3) is 11.0 Å². The molecular weight excluding hydrogens is 302 g/mol. The van der Waals surface area contributed by atoms with Gasteiger partial charge in [-0.1, -0.05) is 11.6 Å². The summed E-state index contributed by atoms with van der Waals surface area (Å²) in [5.41, 5.74) is -0.286. The molecule has 22 heavy (non-hydrogen) atoms. The number of pyridine rings is 1. The lowest BCUT2D eigenvalue weighted by atomic mass is 9.86. The highest BCUT2D eigenvalue weighted by molar-refractivity contribution is 6.31. The lowest BCUT2D eigenvalue weighted by Gasteiger charge is -2.19. The van der Waals surface area contributed by atoms with Gasteiger partial charge in [0, 0.05) is 17.8 Å². The van der Waals surface area contributed by atoms with Crippen LogP contribution in [-0.4, -0.2) is 21.2 Å². The predicted octanol–water partition coefficient (Wildman–Crippen LogP) is 4.27. The fraction of sp³-hybridized carbons (Fsp3) is 0.438. The highest BCUT2D eigenvalue weighted by Gasteiger charge is 2.28. The van der Waals surface area contributed by atoms with Crippen LogP contribution >= 0.6 is 11.6 Å². The van der Waals surface area contributed by atoms with Crippen LogP contribution < -0.4 is 0 Å². The van der Waals surface area contributed by atoms with E-state index in [1.54, 1.807) is 46.9 Å². The Balaban J connectivity index is 2.67. The van der Waals surface area contributed by atoms with E-state index >= 15 is 0 Å². The number of fused-ring (bicyclic) bond motifs is 1. The summed E-state index contributed by atoms with van der Waals surface area (Å²) in [4.78, 5) is 16.6. The van der Waals surface area contributed by atoms with Crippen LogP contribution in [0.15, 0.2) is 18.5 Å². The minimum atomic E-state index is -0.780. The Morgan fingerprint density at radius 2 is 2.00 bits per heavy atom. The normalized spacial score (nSPS) is 12.2. The van der Waals surface area contributed by atoms with Crippen molar-refractivity contribution < 1.29 is 9.53 Å². The summed E-state index contributed by atoms with van der Waals surface area (Å²) in [6.45, 7) is 8.94. The number of nitriles is 1. The first-order valence-electron chi connectivity index (χ1n) is 6.87. The number of aromatic nitrogens is 2. The standard InChI is InChI=1S/C16H18ClN3O2/c1-15(2,3)22-14(21)20-8-12(16(4,5)9-18)11-6-10(17)7-19-13(11)20/h6-8H,1-5H3. The third kappa shape index (κ3) is 3.07. The maximum atomic E-state index is 12.4. The van der Waals surface area contributed by atoms with Gasteiger partial charge in [0.25, 0.3) is 0 Å². The van der Waals surface area contributed by atoms with Crippen molar-refractivity contribution >= 4 is 28.7 Å². The Hall–Kier alpha value is -2.06. The van der Waals surface area contributed by atoms with Crippen molar-refractivity contribution in [1.82, 2.24) is 9.55 Å². The van der Waals surface area contributed by atoms with Crippen molar-refractivity contribution in [2.75, 3.05) is 0 Å². The number of hydrogen-bond acceptors (Lipinski definition) is 4. The Kier molecular flexibility index (Phi) is 3.92. The topological polar surface area (TPSA) is 67.9 Å². The first kappa shape index (κ1) is 16.3. The van der Waals surface area contributed by atoms with Crippen LogP contribution in [0.3, 0.4) is 0 Å². The van der Waals surface area contributed by atoms with E-state index in [1.165, 1.54) is 10.8 Å². The molecule has 2 heterocycles. The molecule has 0 fully saturated rings. The summed E-state index contributed by atoms with van der Waals surface area (Å²) in [6, 6.07) is 3.94. The SMILES string of the molecule is CC(C)(C)OC(=O)n1cc(C(C)(C)C#N)c2cc(Cl)cnc21. The van der Waals surface area contributed by atoms with Crippen LogP contribution in [0.2, 0.25) is 5.02 Å². The zero-order chi connectivity index (χ0) is 16.7. The molecule has 0 unspecified atom stereocenters. The molecule has 0 amide bonds. The number of carbonyl (C=O) groups excluding carboxylic acids is 1. The van der Waals surface area contributed by atoms with Gasteiger partial charge >= 0.3 is 6.09 Å². The van der Waals surface area contributed by atoms with Crippen LogP contribution in [0.5, 0.6) is 0 Å². The Bertz CT molecular complexity index is 779. The summed E-state index contributed by atoms with van der Waals surface area (Å²) in [7, 11) is 0. The summed E-state index contributed by atoms with van der Waals surface area (Å²) in [5.74, 6) is 0. The molecule has 0 N–H and O–H groups in total. The van der Waals surface area contributed by atoms with Crippen LogP contribution in [0, 0.1) is 11.3 Å². The van der Waals surface area contributed by atoms with E-state index in [0.29, 0.717) is 21.6 Å². The summed E-state index contributed by atoms with van der Waals surface area (Å²) < 4.78 is 6.71. The van der Waals surface area contributed by atoms with Gasteiger partial charge in [0.2, 0.25) is 0 Å². The first-order chi connectivity index (χ1) is 10.0. The molecule has 0 radical (unpaired) electrons. The third-order valence-electron chi connectivity index (χ3n) is 3.15. The fourth-order valence-corrected chi connectivity index (χ4v) is 2.25. The molecule has 0 aliphatic heterocycles. The van der Waals surface area contributed by atoms with Crippen molar-refractivity contribution in [2.24, 2.45) is 0 Å². The molecule has 116 valence electrons. The van der Waals surface area contributed by atoms with Gasteiger partial charge in [0.1, 0.15) is 11.2 Å².